The number of hydrogen-bond acceptors (Lipinski definition) is 6. The van der Waals surface area contributed by atoms with Gasteiger partial charge in [0.25, 0.3) is 16.8 Å². The number of aryl methyl sites for hydroxylation is 1. The number of nitrogens with zero attached hydrogens (tertiary/aromatic N) is 1. The topological polar surface area (TPSA) is 91.6 Å². The summed E-state index contributed by atoms with van der Waals surface area (Å²) in [5.41, 5.74) is -0.0220. The Balaban J connectivity index is 1.71. The molecule has 4 rings (SSSR count). The van der Waals surface area contributed by atoms with Gasteiger partial charge in [-0.2, -0.15) is 0 Å². The van der Waals surface area contributed by atoms with E-state index in [9.17, 15) is 14.4 Å². The van der Waals surface area contributed by atoms with Crippen LogP contribution in [0.5, 0.6) is 0 Å². The first kappa shape index (κ1) is 20.3. The average molecular weight is 426 g/mol. The molecule has 0 fully saturated rings. The first-order valence-electron chi connectivity index (χ1n) is 9.68. The number of nitrogens with one attached hydrogen (secondary N) is 2. The summed E-state index contributed by atoms with van der Waals surface area (Å²) in [6, 6.07) is 7.03. The third-order valence-electron chi connectivity index (χ3n) is 5.77. The average Bonchev–Trinajstić information content (AvgIpc) is 3.30. The number of rotatable bonds is 6. The first-order valence-corrected chi connectivity index (χ1v) is 10.1. The summed E-state index contributed by atoms with van der Waals surface area (Å²) in [6.45, 7) is 4.20. The van der Waals surface area contributed by atoms with Crippen LogP contribution in [-0.4, -0.2) is 25.7 Å². The molecule has 9 heteroatoms. The minimum Gasteiger partial charge on any atom is -0.465 e. The quantitative estimate of drug-likeness (QED) is 0.466. The van der Waals surface area contributed by atoms with Crippen molar-refractivity contribution in [2.75, 3.05) is 17.7 Å². The van der Waals surface area contributed by atoms with Gasteiger partial charge in [-0.05, 0) is 37.6 Å². The highest BCUT2D eigenvalue weighted by Crippen LogP contribution is 2.37. The van der Waals surface area contributed by atoms with Crippen LogP contribution in [-0.2, 0) is 12.0 Å². The number of hydrogen-bond donors (Lipinski definition) is 2. The molecule has 1 aromatic heterocycles. The van der Waals surface area contributed by atoms with Crippen LogP contribution < -0.4 is 21.5 Å². The van der Waals surface area contributed by atoms with Crippen molar-refractivity contribution in [3.63, 3.8) is 0 Å². The van der Waals surface area contributed by atoms with Gasteiger partial charge in [-0.3, -0.25) is 14.4 Å². The van der Waals surface area contributed by atoms with Crippen molar-refractivity contribution in [2.24, 2.45) is 0 Å². The van der Waals surface area contributed by atoms with Gasteiger partial charge in [-0.1, -0.05) is 18.5 Å². The van der Waals surface area contributed by atoms with E-state index in [1.807, 2.05) is 33.8 Å². The largest absolute Gasteiger partial charge is 0.465 e. The molecular weight excluding hydrogens is 405 g/mol. The normalized spacial score (nSPS) is 15.3. The molecule has 2 heterocycles. The summed E-state index contributed by atoms with van der Waals surface area (Å²) in [4.78, 5) is 38.8. The molecule has 2 N–H and O–H groups in total. The maximum atomic E-state index is 12.6. The van der Waals surface area contributed by atoms with E-state index in [2.05, 4.69) is 10.6 Å². The number of anilines is 3. The molecule has 2 aromatic carbocycles. The summed E-state index contributed by atoms with van der Waals surface area (Å²) in [6.07, 6.45) is 0.623. The van der Waals surface area contributed by atoms with Crippen molar-refractivity contribution in [2.45, 2.75) is 32.3 Å². The molecule has 0 spiro atoms. The van der Waals surface area contributed by atoms with Crippen LogP contribution in [0.4, 0.5) is 17.1 Å². The molecule has 154 valence electrons. The monoisotopic (exact) mass is 425 g/mol. The Morgan fingerprint density at radius 2 is 1.87 bits per heavy atom. The number of amides is 1. The molecule has 7 nitrogen and oxygen atoms in total. The van der Waals surface area contributed by atoms with Crippen molar-refractivity contribution in [3.05, 3.63) is 72.4 Å². The number of fused-ring (bicyclic) bond motifs is 1. The van der Waals surface area contributed by atoms with Gasteiger partial charge in [0.2, 0.25) is 0 Å². The molecule has 1 atom stereocenters. The maximum absolute atomic E-state index is 12.6. The molecule has 1 aliphatic rings. The number of carbonyl (C=O) groups is 1. The van der Waals surface area contributed by atoms with E-state index in [1.54, 1.807) is 24.1 Å². The van der Waals surface area contributed by atoms with Gasteiger partial charge in [0.15, 0.2) is 0 Å². The minimum atomic E-state index is -0.676. The second-order valence-corrected chi connectivity index (χ2v) is 8.27. The third kappa shape index (κ3) is 3.03. The van der Waals surface area contributed by atoms with E-state index in [1.165, 1.54) is 0 Å². The molecule has 0 saturated carbocycles. The summed E-state index contributed by atoms with van der Waals surface area (Å²) in [7, 11) is 3.59. The Kier molecular flexibility index (Phi) is 4.77. The van der Waals surface area contributed by atoms with Crippen LogP contribution in [0.2, 0.25) is 5.02 Å². The predicted molar refractivity (Wildman–Crippen MR) is 119 cm³/mol. The summed E-state index contributed by atoms with van der Waals surface area (Å²) in [5.74, 6) is 1.24. The molecule has 0 unspecified atom stereocenters. The number of halogens is 1. The number of carbonyl (C=O) groups excluding carboxylic acids is 1. The lowest BCUT2D eigenvalue weighted by Gasteiger charge is -2.30. The number of benzene rings is 1. The van der Waals surface area contributed by atoms with Crippen molar-refractivity contribution < 1.29 is 9.21 Å². The van der Waals surface area contributed by atoms with Crippen molar-refractivity contribution >= 4 is 42.4 Å². The van der Waals surface area contributed by atoms with Crippen LogP contribution in [0, 0.1) is 6.92 Å². The van der Waals surface area contributed by atoms with E-state index in [-0.39, 0.29) is 17.3 Å². The summed E-state index contributed by atoms with van der Waals surface area (Å²) < 4.78 is 5.76. The fourth-order valence-electron chi connectivity index (χ4n) is 3.72. The Labute approximate surface area is 179 Å². The summed E-state index contributed by atoms with van der Waals surface area (Å²) >= 11 is 6.25. The van der Waals surface area contributed by atoms with Crippen LogP contribution in [0.25, 0.3) is 0 Å². The Morgan fingerprint density at radius 1 is 1.17 bits per heavy atom. The second kappa shape index (κ2) is 7.06. The maximum Gasteiger partial charge on any atom is 0.256 e. The molecule has 0 aliphatic carbocycles. The van der Waals surface area contributed by atoms with Gasteiger partial charge < -0.3 is 20.0 Å². The van der Waals surface area contributed by atoms with E-state index in [0.717, 1.165) is 5.76 Å². The highest BCUT2D eigenvalue weighted by Gasteiger charge is 2.34. The molecule has 1 amide bonds. The van der Waals surface area contributed by atoms with Gasteiger partial charge in [0, 0.05) is 24.2 Å². The van der Waals surface area contributed by atoms with Crippen molar-refractivity contribution in [1.82, 2.24) is 4.90 Å². The van der Waals surface area contributed by atoms with E-state index >= 15 is 0 Å². The van der Waals surface area contributed by atoms with Crippen LogP contribution in [0.1, 0.15) is 40.8 Å². The van der Waals surface area contributed by atoms with Gasteiger partial charge in [0.05, 0.1) is 16.7 Å². The highest BCUT2D eigenvalue weighted by molar-refractivity contribution is 6.32. The molecule has 0 bridgehead atoms. The SMILES string of the molecule is B[C@](CC)(Nc1c(Nc2ccc(Cl)c3c2C(=O)N(C)C3)c(=O)c1=O)c1ccc(C)o1. The zero-order chi connectivity index (χ0) is 21.8. The Bertz CT molecular complexity index is 1240. The smallest absolute Gasteiger partial charge is 0.256 e. The molecule has 30 heavy (non-hydrogen) atoms. The van der Waals surface area contributed by atoms with Gasteiger partial charge in [-0.25, -0.2) is 0 Å². The summed E-state index contributed by atoms with van der Waals surface area (Å²) in [5, 5.41) is 6.68. The van der Waals surface area contributed by atoms with E-state index in [0.29, 0.717) is 40.6 Å². The van der Waals surface area contributed by atoms with Crippen molar-refractivity contribution in [3.8, 4) is 0 Å². The molecule has 0 saturated heterocycles. The third-order valence-corrected chi connectivity index (χ3v) is 6.13. The first-order chi connectivity index (χ1) is 14.2. The molecular formula is C21H21BClN3O4. The van der Waals surface area contributed by atoms with Crippen LogP contribution >= 0.6 is 11.6 Å². The van der Waals surface area contributed by atoms with Crippen LogP contribution in [0.15, 0.2) is 38.3 Å². The minimum absolute atomic E-state index is 0.134. The zero-order valence-electron chi connectivity index (χ0n) is 17.2. The van der Waals surface area contributed by atoms with Crippen LogP contribution in [0.3, 0.4) is 0 Å². The fourth-order valence-corrected chi connectivity index (χ4v) is 3.94. The van der Waals surface area contributed by atoms with Crippen molar-refractivity contribution in [1.29, 1.82) is 0 Å². The standard InChI is InChI=1S/C21H21BClN3O4/c1-4-21(22,14-8-5-10(2)30-14)25-17-16(18(27)19(17)28)24-13-7-6-12(23)11-9-26(3)20(29)15(11)13/h5-8,24-25H,4,9,22H2,1-3H3/t21-/m1/s1. The van der Waals surface area contributed by atoms with E-state index in [4.69, 9.17) is 16.0 Å². The zero-order valence-corrected chi connectivity index (χ0v) is 17.9. The highest BCUT2D eigenvalue weighted by atomic mass is 35.5. The molecule has 1 aliphatic heterocycles. The van der Waals surface area contributed by atoms with Gasteiger partial charge >= 0.3 is 0 Å². The lowest BCUT2D eigenvalue weighted by atomic mass is 9.73. The lowest BCUT2D eigenvalue weighted by Crippen LogP contribution is -2.44. The fraction of sp³-hybridized carbons (Fsp3) is 0.286. The Hall–Kier alpha value is -3.00. The van der Waals surface area contributed by atoms with Gasteiger partial charge in [0.1, 0.15) is 30.7 Å². The Morgan fingerprint density at radius 3 is 2.50 bits per heavy atom. The van der Waals surface area contributed by atoms with Gasteiger partial charge in [-0.15, -0.1) is 0 Å². The molecule has 0 radical (unpaired) electrons. The number of furan rings is 1. The lowest BCUT2D eigenvalue weighted by molar-refractivity contribution is 0.0817. The molecule has 3 aromatic rings. The predicted octanol–water partition coefficient (Wildman–Crippen LogP) is 2.47. The second-order valence-electron chi connectivity index (χ2n) is 7.86. The van der Waals surface area contributed by atoms with E-state index < -0.39 is 16.3 Å².